The van der Waals surface area contributed by atoms with Gasteiger partial charge in [0.05, 0.1) is 5.69 Å². The summed E-state index contributed by atoms with van der Waals surface area (Å²) in [6, 6.07) is 1.93. The van der Waals surface area contributed by atoms with Gasteiger partial charge in [0.1, 0.15) is 6.54 Å². The van der Waals surface area contributed by atoms with Gasteiger partial charge in [-0.25, -0.2) is 9.67 Å². The second-order valence-corrected chi connectivity index (χ2v) is 7.42. The Balaban J connectivity index is 2.00. The van der Waals surface area contributed by atoms with Crippen LogP contribution in [0.2, 0.25) is 0 Å². The molecule has 1 aliphatic heterocycles. The molecule has 0 unspecified atom stereocenters. The molecule has 2 aromatic rings. The summed E-state index contributed by atoms with van der Waals surface area (Å²) in [6.45, 7) is 11.1. The first-order valence-corrected chi connectivity index (χ1v) is 9.17. The minimum Gasteiger partial charge on any atom is -0.341 e. The third-order valence-corrected chi connectivity index (χ3v) is 5.25. The third kappa shape index (κ3) is 3.43. The first kappa shape index (κ1) is 18.4. The Morgan fingerprint density at radius 3 is 2.42 bits per heavy atom. The highest BCUT2D eigenvalue weighted by molar-refractivity contribution is 5.76. The van der Waals surface area contributed by atoms with Crippen molar-refractivity contribution in [3.63, 3.8) is 0 Å². The van der Waals surface area contributed by atoms with Crippen molar-refractivity contribution in [3.8, 4) is 5.95 Å². The molecule has 0 bridgehead atoms. The Hall–Kier alpha value is -2.44. The van der Waals surface area contributed by atoms with Crippen LogP contribution in [0, 0.1) is 33.6 Å². The Morgan fingerprint density at radius 2 is 1.85 bits per heavy atom. The Morgan fingerprint density at radius 1 is 1.19 bits per heavy atom. The lowest BCUT2D eigenvalue weighted by Crippen LogP contribution is -2.42. The van der Waals surface area contributed by atoms with E-state index in [1.807, 2.05) is 31.7 Å². The Labute approximate surface area is 153 Å². The number of carbonyl (C=O) groups excluding carboxylic acids is 1. The van der Waals surface area contributed by atoms with Gasteiger partial charge in [0.25, 0.3) is 5.56 Å². The fraction of sp³-hybridized carbons (Fsp3) is 0.579. The summed E-state index contributed by atoms with van der Waals surface area (Å²) in [6.07, 6.45) is 2.02. The minimum atomic E-state index is -0.182. The molecule has 1 saturated heterocycles. The summed E-state index contributed by atoms with van der Waals surface area (Å²) in [5, 5.41) is 4.45. The number of likely N-dealkylation sites (tertiary alicyclic amines) is 1. The smallest absolute Gasteiger partial charge is 0.258 e. The van der Waals surface area contributed by atoms with Crippen LogP contribution in [0.3, 0.4) is 0 Å². The van der Waals surface area contributed by atoms with E-state index < -0.39 is 0 Å². The summed E-state index contributed by atoms with van der Waals surface area (Å²) in [5.41, 5.74) is 2.77. The van der Waals surface area contributed by atoms with E-state index in [1.54, 1.807) is 11.6 Å². The van der Waals surface area contributed by atoms with E-state index in [0.717, 1.165) is 37.3 Å². The van der Waals surface area contributed by atoms with Gasteiger partial charge >= 0.3 is 0 Å². The number of aromatic nitrogens is 4. The number of hydrogen-bond acceptors (Lipinski definition) is 4. The summed E-state index contributed by atoms with van der Waals surface area (Å²) in [4.78, 5) is 32.1. The maximum absolute atomic E-state index is 12.9. The van der Waals surface area contributed by atoms with Gasteiger partial charge in [0.15, 0.2) is 0 Å². The fourth-order valence-electron chi connectivity index (χ4n) is 3.37. The largest absolute Gasteiger partial charge is 0.341 e. The molecule has 2 aromatic heterocycles. The normalized spacial score (nSPS) is 15.5. The van der Waals surface area contributed by atoms with Gasteiger partial charge in [0.2, 0.25) is 11.9 Å². The standard InChI is InChI=1S/C19H27N5O2/c1-12-6-8-22(9-7-12)17(25)11-23-18(26)15(4)16(5)20-19(23)24-14(3)10-13(2)21-24/h10,12H,6-9,11H2,1-5H3. The molecule has 1 amide bonds. The van der Waals surface area contributed by atoms with E-state index in [0.29, 0.717) is 23.1 Å². The number of hydrogen-bond donors (Lipinski definition) is 0. The van der Waals surface area contributed by atoms with Crippen LogP contribution >= 0.6 is 0 Å². The molecule has 0 aliphatic carbocycles. The van der Waals surface area contributed by atoms with Crippen molar-refractivity contribution in [1.29, 1.82) is 0 Å². The monoisotopic (exact) mass is 357 g/mol. The van der Waals surface area contributed by atoms with E-state index in [2.05, 4.69) is 17.0 Å². The number of piperidine rings is 1. The molecule has 3 rings (SSSR count). The molecule has 3 heterocycles. The van der Waals surface area contributed by atoms with Crippen LogP contribution in [-0.2, 0) is 11.3 Å². The highest BCUT2D eigenvalue weighted by Gasteiger charge is 2.23. The van der Waals surface area contributed by atoms with Gasteiger partial charge in [-0.2, -0.15) is 5.10 Å². The van der Waals surface area contributed by atoms with Crippen LogP contribution < -0.4 is 5.56 Å². The van der Waals surface area contributed by atoms with E-state index in [-0.39, 0.29) is 18.0 Å². The topological polar surface area (TPSA) is 73.0 Å². The molecular formula is C19H27N5O2. The fourth-order valence-corrected chi connectivity index (χ4v) is 3.37. The Kier molecular flexibility index (Phi) is 4.98. The van der Waals surface area contributed by atoms with Crippen LogP contribution in [0.1, 0.15) is 42.4 Å². The van der Waals surface area contributed by atoms with Crippen molar-refractivity contribution in [2.24, 2.45) is 5.92 Å². The van der Waals surface area contributed by atoms with Crippen molar-refractivity contribution in [2.45, 2.75) is 54.0 Å². The second-order valence-electron chi connectivity index (χ2n) is 7.42. The van der Waals surface area contributed by atoms with Crippen LogP contribution in [0.15, 0.2) is 10.9 Å². The second kappa shape index (κ2) is 7.05. The predicted molar refractivity (Wildman–Crippen MR) is 99.5 cm³/mol. The minimum absolute atomic E-state index is 0.00495. The highest BCUT2D eigenvalue weighted by atomic mass is 16.2. The summed E-state index contributed by atoms with van der Waals surface area (Å²) >= 11 is 0. The van der Waals surface area contributed by atoms with Crippen molar-refractivity contribution in [2.75, 3.05) is 13.1 Å². The van der Waals surface area contributed by atoms with Crippen LogP contribution in [0.25, 0.3) is 5.95 Å². The summed E-state index contributed by atoms with van der Waals surface area (Å²) < 4.78 is 3.11. The molecule has 140 valence electrons. The maximum atomic E-state index is 12.9. The SMILES string of the molecule is Cc1cc(C)n(-c2nc(C)c(C)c(=O)n2CC(=O)N2CCC(C)CC2)n1. The first-order chi connectivity index (χ1) is 12.3. The number of nitrogens with zero attached hydrogens (tertiary/aromatic N) is 5. The third-order valence-electron chi connectivity index (χ3n) is 5.25. The molecule has 7 heteroatoms. The quantitative estimate of drug-likeness (QED) is 0.841. The lowest BCUT2D eigenvalue weighted by atomic mass is 9.99. The zero-order chi connectivity index (χ0) is 19.0. The average molecular weight is 357 g/mol. The maximum Gasteiger partial charge on any atom is 0.258 e. The zero-order valence-corrected chi connectivity index (χ0v) is 16.2. The van der Waals surface area contributed by atoms with Gasteiger partial charge in [0, 0.05) is 30.0 Å². The summed E-state index contributed by atoms with van der Waals surface area (Å²) in [7, 11) is 0. The molecule has 0 saturated carbocycles. The van der Waals surface area contributed by atoms with Gasteiger partial charge in [-0.1, -0.05) is 6.92 Å². The summed E-state index contributed by atoms with van der Waals surface area (Å²) in [5.74, 6) is 1.02. The number of aryl methyl sites for hydroxylation is 3. The predicted octanol–water partition coefficient (Wildman–Crippen LogP) is 1.92. The molecule has 0 spiro atoms. The van der Waals surface area contributed by atoms with Crippen LogP contribution in [0.4, 0.5) is 0 Å². The van der Waals surface area contributed by atoms with E-state index in [1.165, 1.54) is 4.57 Å². The lowest BCUT2D eigenvalue weighted by Gasteiger charge is -2.30. The molecule has 1 aliphatic rings. The molecule has 1 fully saturated rings. The van der Waals surface area contributed by atoms with Gasteiger partial charge in [-0.3, -0.25) is 14.2 Å². The Bertz CT molecular complexity index is 888. The van der Waals surface area contributed by atoms with Gasteiger partial charge in [-0.15, -0.1) is 0 Å². The van der Waals surface area contributed by atoms with Gasteiger partial charge in [-0.05, 0) is 52.5 Å². The van der Waals surface area contributed by atoms with E-state index >= 15 is 0 Å². The number of carbonyl (C=O) groups is 1. The number of amides is 1. The molecular weight excluding hydrogens is 330 g/mol. The van der Waals surface area contributed by atoms with Crippen molar-refractivity contribution in [1.82, 2.24) is 24.2 Å². The van der Waals surface area contributed by atoms with Gasteiger partial charge < -0.3 is 4.90 Å². The lowest BCUT2D eigenvalue weighted by molar-refractivity contribution is -0.133. The first-order valence-electron chi connectivity index (χ1n) is 9.17. The van der Waals surface area contributed by atoms with Crippen LogP contribution in [-0.4, -0.2) is 43.2 Å². The molecule has 26 heavy (non-hydrogen) atoms. The zero-order valence-electron chi connectivity index (χ0n) is 16.2. The molecule has 7 nitrogen and oxygen atoms in total. The van der Waals surface area contributed by atoms with E-state index in [4.69, 9.17) is 0 Å². The number of rotatable bonds is 3. The average Bonchev–Trinajstić information content (AvgIpc) is 2.94. The van der Waals surface area contributed by atoms with Crippen molar-refractivity contribution >= 4 is 5.91 Å². The molecule has 0 radical (unpaired) electrons. The van der Waals surface area contributed by atoms with Crippen LogP contribution in [0.5, 0.6) is 0 Å². The molecule has 0 N–H and O–H groups in total. The van der Waals surface area contributed by atoms with Crippen molar-refractivity contribution in [3.05, 3.63) is 39.1 Å². The van der Waals surface area contributed by atoms with Crippen molar-refractivity contribution < 1.29 is 4.79 Å². The molecule has 0 atom stereocenters. The molecule has 0 aromatic carbocycles. The highest BCUT2D eigenvalue weighted by Crippen LogP contribution is 2.17. The van der Waals surface area contributed by atoms with E-state index in [9.17, 15) is 9.59 Å².